The number of carbonyl (C=O) groups is 7. The van der Waals surface area contributed by atoms with Gasteiger partial charge in [-0.1, -0.05) is 132 Å². The van der Waals surface area contributed by atoms with Crippen molar-refractivity contribution in [2.24, 2.45) is 17.2 Å². The molecule has 3 amide bonds. The van der Waals surface area contributed by atoms with Crippen LogP contribution in [0.1, 0.15) is 75.9 Å². The summed E-state index contributed by atoms with van der Waals surface area (Å²) in [5.41, 5.74) is 24.9. The number of carbonyl (C=O) groups excluding carboxylic acids is 6. The summed E-state index contributed by atoms with van der Waals surface area (Å²) in [4.78, 5) is 77.7. The number of ketones is 1. The van der Waals surface area contributed by atoms with Crippen molar-refractivity contribution in [1.29, 1.82) is 0 Å². The lowest BCUT2D eigenvalue weighted by molar-refractivity contribution is -0.137. The molecule has 0 spiro atoms. The molecule has 570 valence electrons. The molecule has 0 aliphatic heterocycles. The number of aromatic carboxylic acids is 1. The van der Waals surface area contributed by atoms with Gasteiger partial charge in [-0.05, 0) is 72.3 Å². The van der Waals surface area contributed by atoms with Crippen LogP contribution in [0.5, 0.6) is 11.5 Å². The van der Waals surface area contributed by atoms with Crippen LogP contribution >= 0.6 is 91.0 Å². The normalized spacial score (nSPS) is 10.5. The van der Waals surface area contributed by atoms with Gasteiger partial charge in [-0.15, -0.1) is 105 Å². The summed E-state index contributed by atoms with van der Waals surface area (Å²) in [6.45, 7) is 0.273. The highest BCUT2D eigenvalue weighted by Gasteiger charge is 2.20. The molecule has 0 saturated carbocycles. The molecular weight excluding hydrogens is 1610 g/mol. The van der Waals surface area contributed by atoms with Gasteiger partial charge in [0.1, 0.15) is 0 Å². The van der Waals surface area contributed by atoms with Gasteiger partial charge >= 0.3 is 17.8 Å². The fourth-order valence-electron chi connectivity index (χ4n) is 10.9. The molecule has 114 heavy (non-hydrogen) atoms. The van der Waals surface area contributed by atoms with Crippen molar-refractivity contribution in [2.75, 3.05) is 14.2 Å². The Balaban J connectivity index is 0.000000126. The van der Waals surface area contributed by atoms with E-state index in [1.54, 1.807) is 100.0 Å². The minimum Gasteiger partial charge on any atom is -0.493 e. The molecule has 0 aliphatic rings. The molecular formula is C82H60ClN11O13S7. The van der Waals surface area contributed by atoms with Crippen molar-refractivity contribution < 1.29 is 61.4 Å². The molecule has 8 aromatic carbocycles. The van der Waals surface area contributed by atoms with Crippen LogP contribution in [0.4, 0.5) is 0 Å². The second-order valence-electron chi connectivity index (χ2n) is 23.4. The topological polar surface area (TPSA) is 377 Å². The van der Waals surface area contributed by atoms with E-state index in [-0.39, 0.29) is 29.9 Å². The molecule has 0 bridgehead atoms. The first-order chi connectivity index (χ1) is 55.5. The maximum Gasteiger partial charge on any atom is 0.337 e. The number of fused-ring (bicyclic) bond motifs is 7. The van der Waals surface area contributed by atoms with Crippen molar-refractivity contribution in [3.05, 3.63) is 271 Å². The van der Waals surface area contributed by atoms with Gasteiger partial charge in [0.15, 0.2) is 23.6 Å². The summed E-state index contributed by atoms with van der Waals surface area (Å²) in [5, 5.41) is 52.3. The number of nitrogens with zero attached hydrogens (tertiary/aromatic N) is 6. The lowest BCUT2D eigenvalue weighted by Crippen LogP contribution is -2.47. The Morgan fingerprint density at radius 3 is 1.35 bits per heavy atom. The zero-order valence-electron chi connectivity index (χ0n) is 59.6. The number of amides is 3. The molecule has 0 atom stereocenters. The maximum absolute atomic E-state index is 12.5. The molecule has 18 aromatic rings. The number of hydrogen-bond donors (Lipinski definition) is 6. The zero-order chi connectivity index (χ0) is 80.0. The van der Waals surface area contributed by atoms with Gasteiger partial charge in [0, 0.05) is 144 Å². The van der Waals surface area contributed by atoms with Crippen molar-refractivity contribution in [2.45, 2.75) is 19.4 Å². The average molecular weight is 1670 g/mol. The number of thiophene rings is 7. The first-order valence-corrected chi connectivity index (χ1v) is 40.3. The Morgan fingerprint density at radius 2 is 0.886 bits per heavy atom. The van der Waals surface area contributed by atoms with Gasteiger partial charge in [-0.25, -0.2) is 4.79 Å². The molecule has 9 N–H and O–H groups in total. The highest BCUT2D eigenvalue weighted by Crippen LogP contribution is 2.37. The summed E-state index contributed by atoms with van der Waals surface area (Å²) in [7, 11) is 3.10. The van der Waals surface area contributed by atoms with E-state index in [1.165, 1.54) is 52.8 Å². The number of aromatic nitrogens is 6. The van der Waals surface area contributed by atoms with E-state index in [0.29, 0.717) is 69.6 Å². The molecule has 0 radical (unpaired) electrons. The van der Waals surface area contributed by atoms with E-state index < -0.39 is 23.7 Å². The van der Waals surface area contributed by atoms with E-state index in [4.69, 9.17) is 56.6 Å². The number of carboxylic acid groups (broad SMARTS) is 1. The van der Waals surface area contributed by atoms with Crippen molar-refractivity contribution >= 4 is 203 Å². The molecule has 0 unspecified atom stereocenters. The highest BCUT2D eigenvalue weighted by molar-refractivity contribution is 7.19. The first-order valence-electron chi connectivity index (χ1n) is 33.7. The van der Waals surface area contributed by atoms with Gasteiger partial charge < -0.3 is 45.0 Å². The van der Waals surface area contributed by atoms with Gasteiger partial charge in [-0.2, -0.15) is 0 Å². The second kappa shape index (κ2) is 38.8. The molecule has 0 fully saturated rings. The number of Topliss-reactive ketones (excluding diaryl/α,β-unsaturated/α-hetero) is 1. The Kier molecular flexibility index (Phi) is 27.4. The van der Waals surface area contributed by atoms with E-state index in [2.05, 4.69) is 66.2 Å². The summed E-state index contributed by atoms with van der Waals surface area (Å²) in [6.07, 6.45) is 1.54. The smallest absolute Gasteiger partial charge is 0.337 e. The number of carboxylic acids is 1. The summed E-state index contributed by atoms with van der Waals surface area (Å²) in [6, 6.07) is 62.2. The van der Waals surface area contributed by atoms with Crippen LogP contribution in [-0.2, 0) is 22.6 Å². The molecule has 24 nitrogen and oxygen atoms in total. The van der Waals surface area contributed by atoms with Crippen LogP contribution in [0, 0.1) is 12.0 Å². The number of benzene rings is 8. The van der Waals surface area contributed by atoms with Gasteiger partial charge in [-0.3, -0.25) is 39.6 Å². The number of nitrogens with two attached hydrogens (primary N) is 3. The SMILES string of the molecule is COc1ccc(C(=O)CCc2nnc(-c3csc4ccccc34)o2)cc1OC.NC#Cc1nnc(-c2csc3ccccc23)o1.NC(=O)C(=O)NNC(=O)c1csc2ccccc12.NCc1nnc(-c2csc3ccccc23)o1.O=C(Cl)c1csc2ccccc12.O=C(O)c1csc2ccccc12.O=Cc1csc2ccccc12. The fourth-order valence-corrected chi connectivity index (χ4v) is 17.7. The summed E-state index contributed by atoms with van der Waals surface area (Å²) in [5.74, 6) is 2.67. The Labute approximate surface area is 680 Å². The predicted molar refractivity (Wildman–Crippen MR) is 451 cm³/mol. The number of halogens is 1. The Bertz CT molecular complexity index is 6450. The van der Waals surface area contributed by atoms with Crippen molar-refractivity contribution in [3.63, 3.8) is 0 Å². The molecule has 18 rings (SSSR count). The highest BCUT2D eigenvalue weighted by atomic mass is 35.5. The molecule has 0 saturated heterocycles. The van der Waals surface area contributed by atoms with Crippen molar-refractivity contribution in [1.82, 2.24) is 41.4 Å². The number of hydrogen-bond acceptors (Lipinski definition) is 27. The zero-order valence-corrected chi connectivity index (χ0v) is 66.1. The number of primary amides is 1. The van der Waals surface area contributed by atoms with Crippen LogP contribution < -0.4 is 37.5 Å². The lowest BCUT2D eigenvalue weighted by atomic mass is 10.1. The maximum atomic E-state index is 12.5. The minimum absolute atomic E-state index is 0.0262. The van der Waals surface area contributed by atoms with Gasteiger partial charge in [0.25, 0.3) is 17.0 Å². The number of aryl methyl sites for hydroxylation is 1. The Hall–Kier alpha value is -13.0. The van der Waals surface area contributed by atoms with E-state index in [1.807, 2.05) is 173 Å². The second-order valence-corrected chi connectivity index (χ2v) is 30.1. The molecule has 10 heterocycles. The largest absolute Gasteiger partial charge is 0.493 e. The summed E-state index contributed by atoms with van der Waals surface area (Å²) < 4.78 is 34.9. The van der Waals surface area contributed by atoms with Gasteiger partial charge in [0.05, 0.1) is 54.1 Å². The number of rotatable bonds is 14. The lowest BCUT2D eigenvalue weighted by Gasteiger charge is -2.08. The first kappa shape index (κ1) is 80.5. The van der Waals surface area contributed by atoms with E-state index in [0.717, 1.165) is 80.3 Å². The van der Waals surface area contributed by atoms with E-state index in [9.17, 15) is 33.6 Å². The third-order valence-corrected chi connectivity index (χ3v) is 23.4. The van der Waals surface area contributed by atoms with Gasteiger partial charge in [0.2, 0.25) is 29.5 Å². The molecule has 10 aromatic heterocycles. The summed E-state index contributed by atoms with van der Waals surface area (Å²) >= 11 is 16.4. The van der Waals surface area contributed by atoms with Crippen molar-refractivity contribution in [3.8, 4) is 57.8 Å². The van der Waals surface area contributed by atoms with Crippen LogP contribution in [-0.4, -0.2) is 90.9 Å². The van der Waals surface area contributed by atoms with Crippen LogP contribution in [0.15, 0.2) is 239 Å². The molecule has 0 aliphatic carbocycles. The van der Waals surface area contributed by atoms with E-state index >= 15 is 0 Å². The molecule has 32 heteroatoms. The number of nitrogens with one attached hydrogen (secondary N) is 2. The quantitative estimate of drug-likeness (QED) is 0.0112. The van der Waals surface area contributed by atoms with Crippen LogP contribution in [0.2, 0.25) is 0 Å². The number of aldehydes is 1. The number of ether oxygens (including phenoxy) is 2. The third kappa shape index (κ3) is 19.6. The standard InChI is InChI=1S/C21H18N2O4S.C12H7N3OS.C11H9N3O3S.C11H9N3OS.C9H5ClOS.C9H6O2S.C9H6OS/c1-25-17-9-7-13(11-18(17)26-2)16(24)8-10-20-22-23-21(27-20)15-12-28-19-6-4-3-5-14(15)19;13-6-5-11-14-15-12(16-11)9-7-17-10-4-2-1-3-8(9)10;12-9(15)11(17)14-13-10(16)7-5-18-8-4-2-1-3-6(7)8;12-5-10-13-14-11(15-10)8-6-16-9-4-2-1-3-7(8)9;2*10-9(11)7-5-12-8-4-2-1-3-6(7)8;10-5-7-6-11-9-4-2-1-3-8(7)9/h3-7,9,11-12H,8,10H2,1-2H3;1-4,7H,13H2;1-5H,(H2,12,15)(H,13,16)(H,14,17);1-4,6H,5,12H2;1-5H;1-5H,(H,10,11);1-6H. The minimum atomic E-state index is -1.16. The fraction of sp³-hybridized carbons (Fsp3) is 0.0610. The number of hydrazine groups is 1. The third-order valence-electron chi connectivity index (χ3n) is 16.4. The predicted octanol–water partition coefficient (Wildman–Crippen LogP) is 18.2. The van der Waals surface area contributed by atoms with Crippen LogP contribution in [0.3, 0.4) is 0 Å². The monoisotopic (exact) mass is 1670 g/mol. The number of methoxy groups -OCH3 is 2. The van der Waals surface area contributed by atoms with Crippen LogP contribution in [0.25, 0.3) is 105 Å². The average Bonchev–Trinajstić information content (AvgIpc) is 1.66. The Morgan fingerprint density at radius 1 is 0.482 bits per heavy atom.